The normalized spacial score (nSPS) is 14.1. The maximum Gasteiger partial charge on any atom is 0.224 e. The van der Waals surface area contributed by atoms with E-state index in [4.69, 9.17) is 5.73 Å². The van der Waals surface area contributed by atoms with Crippen LogP contribution in [0.3, 0.4) is 0 Å². The average Bonchev–Trinajstić information content (AvgIpc) is 2.19. The topological polar surface area (TPSA) is 75.3 Å². The number of hydrogen-bond donors (Lipinski definition) is 3. The molecule has 1 aromatic carbocycles. The maximum absolute atomic E-state index is 11.7. The molecule has 1 amide bonds. The third-order valence-corrected chi connectivity index (χ3v) is 2.48. The fourth-order valence-electron chi connectivity index (χ4n) is 1.78. The zero-order chi connectivity index (χ0) is 12.8. The molecule has 1 aromatic rings. The van der Waals surface area contributed by atoms with Crippen molar-refractivity contribution in [2.75, 3.05) is 0 Å². The van der Waals surface area contributed by atoms with E-state index in [1.165, 1.54) is 0 Å². The van der Waals surface area contributed by atoms with Crippen LogP contribution in [0.5, 0.6) is 5.75 Å². The molecule has 0 bridgehead atoms. The third-order valence-electron chi connectivity index (χ3n) is 2.48. The highest BCUT2D eigenvalue weighted by Gasteiger charge is 2.11. The van der Waals surface area contributed by atoms with E-state index in [2.05, 4.69) is 5.32 Å². The van der Waals surface area contributed by atoms with Gasteiger partial charge in [0.25, 0.3) is 0 Å². The molecule has 0 aromatic heterocycles. The van der Waals surface area contributed by atoms with Crippen LogP contribution in [0.15, 0.2) is 24.3 Å². The number of nitrogens with two attached hydrogens (primary N) is 1. The van der Waals surface area contributed by atoms with E-state index in [1.54, 1.807) is 24.3 Å². The molecule has 0 saturated carbocycles. The third kappa shape index (κ3) is 4.87. The molecule has 0 heterocycles. The van der Waals surface area contributed by atoms with Gasteiger partial charge in [-0.2, -0.15) is 0 Å². The Hall–Kier alpha value is -1.55. The van der Waals surface area contributed by atoms with E-state index in [1.807, 2.05) is 13.8 Å². The molecule has 1 rings (SSSR count). The second kappa shape index (κ2) is 6.25. The number of benzene rings is 1. The number of phenols is 1. The lowest BCUT2D eigenvalue weighted by atomic mass is 10.1. The van der Waals surface area contributed by atoms with Gasteiger partial charge in [0.05, 0.1) is 6.42 Å². The lowest BCUT2D eigenvalue weighted by molar-refractivity contribution is -0.121. The van der Waals surface area contributed by atoms with Crippen LogP contribution in [-0.2, 0) is 11.2 Å². The van der Waals surface area contributed by atoms with Gasteiger partial charge in [-0.15, -0.1) is 0 Å². The van der Waals surface area contributed by atoms with Crippen molar-refractivity contribution in [3.05, 3.63) is 29.8 Å². The quantitative estimate of drug-likeness (QED) is 0.718. The summed E-state index contributed by atoms with van der Waals surface area (Å²) in [5.74, 6) is 0.0575. The molecule has 4 heteroatoms. The standard InChI is InChI=1S/C13H20N2O2/c1-9(14)7-10(2)15-13(17)8-11-5-3-4-6-12(11)16/h3-6,9-10,16H,7-8,14H2,1-2H3,(H,15,17). The smallest absolute Gasteiger partial charge is 0.224 e. The SMILES string of the molecule is CC(N)CC(C)NC(=O)Cc1ccccc1O. The van der Waals surface area contributed by atoms with E-state index >= 15 is 0 Å². The second-order valence-electron chi connectivity index (χ2n) is 4.49. The molecular formula is C13H20N2O2. The van der Waals surface area contributed by atoms with Gasteiger partial charge < -0.3 is 16.2 Å². The molecule has 0 aliphatic carbocycles. The highest BCUT2D eigenvalue weighted by atomic mass is 16.3. The van der Waals surface area contributed by atoms with Crippen molar-refractivity contribution in [2.45, 2.75) is 38.8 Å². The average molecular weight is 236 g/mol. The molecule has 0 aliphatic heterocycles. The van der Waals surface area contributed by atoms with E-state index in [0.717, 1.165) is 6.42 Å². The summed E-state index contributed by atoms with van der Waals surface area (Å²) in [5, 5.41) is 12.4. The number of hydrogen-bond acceptors (Lipinski definition) is 3. The summed E-state index contributed by atoms with van der Waals surface area (Å²) in [6, 6.07) is 6.96. The first kappa shape index (κ1) is 13.5. The zero-order valence-corrected chi connectivity index (χ0v) is 10.3. The van der Waals surface area contributed by atoms with Crippen LogP contribution in [0, 0.1) is 0 Å². The van der Waals surface area contributed by atoms with Gasteiger partial charge in [-0.1, -0.05) is 18.2 Å². The number of phenolic OH excluding ortho intramolecular Hbond substituents is 1. The van der Waals surface area contributed by atoms with Crippen molar-refractivity contribution in [2.24, 2.45) is 5.73 Å². The molecule has 0 aliphatic rings. The van der Waals surface area contributed by atoms with Gasteiger partial charge in [0.15, 0.2) is 0 Å². The largest absolute Gasteiger partial charge is 0.508 e. The number of carbonyl (C=O) groups excluding carboxylic acids is 1. The maximum atomic E-state index is 11.7. The Bertz CT molecular complexity index is 377. The van der Waals surface area contributed by atoms with Crippen LogP contribution in [0.25, 0.3) is 0 Å². The van der Waals surface area contributed by atoms with Crippen LogP contribution in [0.4, 0.5) is 0 Å². The summed E-state index contributed by atoms with van der Waals surface area (Å²) in [7, 11) is 0. The van der Waals surface area contributed by atoms with E-state index < -0.39 is 0 Å². The predicted octanol–water partition coefficient (Wildman–Crippen LogP) is 1.18. The molecule has 0 fully saturated rings. The molecule has 94 valence electrons. The highest BCUT2D eigenvalue weighted by Crippen LogP contribution is 2.15. The Morgan fingerprint density at radius 1 is 1.41 bits per heavy atom. The second-order valence-corrected chi connectivity index (χ2v) is 4.49. The number of nitrogens with one attached hydrogen (secondary N) is 1. The van der Waals surface area contributed by atoms with Gasteiger partial charge >= 0.3 is 0 Å². The first-order chi connectivity index (χ1) is 7.99. The molecule has 4 N–H and O–H groups in total. The number of aromatic hydroxyl groups is 1. The summed E-state index contributed by atoms with van der Waals surface area (Å²) >= 11 is 0. The minimum Gasteiger partial charge on any atom is -0.508 e. The van der Waals surface area contributed by atoms with E-state index in [0.29, 0.717) is 5.56 Å². The van der Waals surface area contributed by atoms with Crippen LogP contribution < -0.4 is 11.1 Å². The molecule has 2 unspecified atom stereocenters. The Morgan fingerprint density at radius 2 is 2.06 bits per heavy atom. The molecule has 0 radical (unpaired) electrons. The monoisotopic (exact) mass is 236 g/mol. The van der Waals surface area contributed by atoms with Crippen molar-refractivity contribution in [3.8, 4) is 5.75 Å². The lowest BCUT2D eigenvalue weighted by Crippen LogP contribution is -2.37. The number of amides is 1. The van der Waals surface area contributed by atoms with Crippen molar-refractivity contribution in [3.63, 3.8) is 0 Å². The van der Waals surface area contributed by atoms with E-state index in [-0.39, 0.29) is 30.2 Å². The van der Waals surface area contributed by atoms with E-state index in [9.17, 15) is 9.90 Å². The minimum absolute atomic E-state index is 0.0494. The van der Waals surface area contributed by atoms with Crippen LogP contribution >= 0.6 is 0 Å². The minimum atomic E-state index is -0.0975. The summed E-state index contributed by atoms with van der Waals surface area (Å²) in [6.45, 7) is 3.83. The molecule has 2 atom stereocenters. The highest BCUT2D eigenvalue weighted by molar-refractivity contribution is 5.79. The first-order valence-corrected chi connectivity index (χ1v) is 5.81. The Morgan fingerprint density at radius 3 is 2.65 bits per heavy atom. The Labute approximate surface area is 102 Å². The fourth-order valence-corrected chi connectivity index (χ4v) is 1.78. The van der Waals surface area contributed by atoms with Crippen LogP contribution in [0.1, 0.15) is 25.8 Å². The van der Waals surface area contributed by atoms with Crippen molar-refractivity contribution >= 4 is 5.91 Å². The van der Waals surface area contributed by atoms with Crippen LogP contribution in [0.2, 0.25) is 0 Å². The van der Waals surface area contributed by atoms with Crippen molar-refractivity contribution < 1.29 is 9.90 Å². The number of carbonyl (C=O) groups is 1. The molecule has 17 heavy (non-hydrogen) atoms. The van der Waals surface area contributed by atoms with Gasteiger partial charge in [0.2, 0.25) is 5.91 Å². The van der Waals surface area contributed by atoms with Gasteiger partial charge in [-0.3, -0.25) is 4.79 Å². The van der Waals surface area contributed by atoms with Gasteiger partial charge in [0, 0.05) is 17.6 Å². The lowest BCUT2D eigenvalue weighted by Gasteiger charge is -2.16. The van der Waals surface area contributed by atoms with Crippen molar-refractivity contribution in [1.29, 1.82) is 0 Å². The zero-order valence-electron chi connectivity index (χ0n) is 10.3. The van der Waals surface area contributed by atoms with Crippen molar-refractivity contribution in [1.82, 2.24) is 5.32 Å². The predicted molar refractivity (Wildman–Crippen MR) is 67.7 cm³/mol. The number of para-hydroxylation sites is 1. The van der Waals surface area contributed by atoms with Gasteiger partial charge in [0.1, 0.15) is 5.75 Å². The summed E-state index contributed by atoms with van der Waals surface area (Å²) in [6.07, 6.45) is 0.933. The summed E-state index contributed by atoms with van der Waals surface area (Å²) < 4.78 is 0. The van der Waals surface area contributed by atoms with Crippen LogP contribution in [-0.4, -0.2) is 23.1 Å². The fraction of sp³-hybridized carbons (Fsp3) is 0.462. The number of rotatable bonds is 5. The summed E-state index contributed by atoms with van der Waals surface area (Å²) in [4.78, 5) is 11.7. The Balaban J connectivity index is 2.47. The molecule has 0 saturated heterocycles. The molecular weight excluding hydrogens is 216 g/mol. The molecule has 0 spiro atoms. The van der Waals surface area contributed by atoms with Gasteiger partial charge in [-0.25, -0.2) is 0 Å². The Kier molecular flexibility index (Phi) is 4.97. The van der Waals surface area contributed by atoms with Gasteiger partial charge in [-0.05, 0) is 26.3 Å². The first-order valence-electron chi connectivity index (χ1n) is 5.81. The molecule has 4 nitrogen and oxygen atoms in total. The summed E-state index contributed by atoms with van der Waals surface area (Å²) in [5.41, 5.74) is 6.29.